The van der Waals surface area contributed by atoms with Crippen molar-refractivity contribution in [3.8, 4) is 0 Å². The molecular formula is C29H25N3O4S. The van der Waals surface area contributed by atoms with Crippen molar-refractivity contribution in [3.05, 3.63) is 119 Å². The van der Waals surface area contributed by atoms with Crippen molar-refractivity contribution in [3.63, 3.8) is 0 Å². The molecule has 1 fully saturated rings. The van der Waals surface area contributed by atoms with E-state index in [9.17, 15) is 14.4 Å². The van der Waals surface area contributed by atoms with E-state index in [2.05, 4.69) is 10.3 Å². The topological polar surface area (TPSA) is 88.6 Å². The van der Waals surface area contributed by atoms with Crippen LogP contribution in [0.2, 0.25) is 0 Å². The third-order valence-electron chi connectivity index (χ3n) is 6.14. The normalized spacial score (nSPS) is 19.0. The number of nitrogens with one attached hydrogen (secondary N) is 1. The lowest BCUT2D eigenvalue weighted by Crippen LogP contribution is -2.70. The van der Waals surface area contributed by atoms with Crippen LogP contribution < -0.4 is 5.32 Å². The summed E-state index contributed by atoms with van der Waals surface area (Å²) in [5.74, 6) is -0.735. The molecule has 37 heavy (non-hydrogen) atoms. The first-order valence-electron chi connectivity index (χ1n) is 11.9. The number of carbonyl (C=O) groups is 3. The fourth-order valence-corrected chi connectivity index (χ4v) is 5.72. The Labute approximate surface area is 219 Å². The van der Waals surface area contributed by atoms with Gasteiger partial charge in [-0.25, -0.2) is 4.79 Å². The molecule has 5 rings (SSSR count). The predicted molar refractivity (Wildman–Crippen MR) is 142 cm³/mol. The summed E-state index contributed by atoms with van der Waals surface area (Å²) in [6.45, 7) is 1.38. The molecule has 8 heteroatoms. The minimum Gasteiger partial charge on any atom is -0.448 e. The van der Waals surface area contributed by atoms with Crippen LogP contribution in [0.1, 0.15) is 29.7 Å². The Morgan fingerprint density at radius 2 is 1.70 bits per heavy atom. The van der Waals surface area contributed by atoms with Gasteiger partial charge in [0.1, 0.15) is 17.1 Å². The minimum absolute atomic E-state index is 0.201. The molecule has 3 aromatic rings. The number of nitrogens with zero attached hydrogens (tertiary/aromatic N) is 2. The van der Waals surface area contributed by atoms with Crippen LogP contribution in [0.25, 0.3) is 6.08 Å². The molecule has 7 nitrogen and oxygen atoms in total. The molecule has 1 saturated heterocycles. The van der Waals surface area contributed by atoms with Crippen LogP contribution in [-0.4, -0.2) is 44.8 Å². The van der Waals surface area contributed by atoms with E-state index in [1.807, 2.05) is 84.9 Å². The summed E-state index contributed by atoms with van der Waals surface area (Å²) >= 11 is 1.50. The van der Waals surface area contributed by atoms with Crippen LogP contribution in [0.5, 0.6) is 0 Å². The number of rotatable bonds is 7. The molecule has 2 amide bonds. The molecule has 2 aliphatic heterocycles. The number of β-lactam (4-membered cyclic amide) rings is 1. The molecule has 2 aliphatic rings. The molecule has 1 N–H and O–H groups in total. The average molecular weight is 512 g/mol. The van der Waals surface area contributed by atoms with Crippen LogP contribution in [0.3, 0.4) is 0 Å². The molecule has 3 heterocycles. The molecule has 0 aliphatic carbocycles. The van der Waals surface area contributed by atoms with Gasteiger partial charge in [-0.15, -0.1) is 11.8 Å². The van der Waals surface area contributed by atoms with E-state index in [-0.39, 0.29) is 22.9 Å². The van der Waals surface area contributed by atoms with Gasteiger partial charge in [-0.2, -0.15) is 0 Å². The lowest BCUT2D eigenvalue weighted by molar-refractivity contribution is -0.154. The van der Waals surface area contributed by atoms with Gasteiger partial charge in [0, 0.05) is 25.1 Å². The van der Waals surface area contributed by atoms with E-state index >= 15 is 0 Å². The number of benzene rings is 2. The van der Waals surface area contributed by atoms with Gasteiger partial charge in [0.15, 0.2) is 6.10 Å². The molecule has 2 aromatic carbocycles. The second kappa shape index (κ2) is 10.8. The molecule has 0 bridgehead atoms. The summed E-state index contributed by atoms with van der Waals surface area (Å²) in [4.78, 5) is 44.2. The number of amides is 2. The maximum Gasteiger partial charge on any atom is 0.356 e. The van der Waals surface area contributed by atoms with Crippen molar-refractivity contribution < 1.29 is 19.1 Å². The minimum atomic E-state index is -0.673. The Kier molecular flexibility index (Phi) is 7.18. The number of aromatic nitrogens is 1. The van der Waals surface area contributed by atoms with Crippen molar-refractivity contribution in [2.75, 3.05) is 5.75 Å². The SMILES string of the molecule is CC(=O)NC1C(=O)N2C(C(=O)OC(c3ccccc3)c3ccccc3)=C(C=Cc3cccnc3)CS[C@H]12. The number of carbonyl (C=O) groups excluding carboxylic acids is 3. The van der Waals surface area contributed by atoms with Crippen LogP contribution in [-0.2, 0) is 19.1 Å². The Balaban J connectivity index is 1.51. The number of pyridine rings is 1. The van der Waals surface area contributed by atoms with E-state index in [4.69, 9.17) is 4.74 Å². The van der Waals surface area contributed by atoms with E-state index in [0.717, 1.165) is 16.7 Å². The molecular weight excluding hydrogens is 486 g/mol. The number of hydrogen-bond donors (Lipinski definition) is 1. The van der Waals surface area contributed by atoms with Crippen molar-refractivity contribution in [2.45, 2.75) is 24.4 Å². The second-order valence-corrected chi connectivity index (χ2v) is 9.79. The van der Waals surface area contributed by atoms with Gasteiger partial charge < -0.3 is 10.1 Å². The van der Waals surface area contributed by atoms with Gasteiger partial charge in [0.05, 0.1) is 0 Å². The zero-order valence-corrected chi connectivity index (χ0v) is 20.9. The van der Waals surface area contributed by atoms with E-state index in [1.165, 1.54) is 23.6 Å². The summed E-state index contributed by atoms with van der Waals surface area (Å²) in [5.41, 5.74) is 3.38. The van der Waals surface area contributed by atoms with E-state index < -0.39 is 18.1 Å². The number of esters is 1. The first-order chi connectivity index (χ1) is 18.0. The van der Waals surface area contributed by atoms with Crippen molar-refractivity contribution in [1.29, 1.82) is 0 Å². The third-order valence-corrected chi connectivity index (χ3v) is 7.44. The van der Waals surface area contributed by atoms with Gasteiger partial charge in [-0.1, -0.05) is 78.9 Å². The highest BCUT2D eigenvalue weighted by molar-refractivity contribution is 8.00. The van der Waals surface area contributed by atoms with E-state index in [1.54, 1.807) is 12.4 Å². The van der Waals surface area contributed by atoms with Crippen molar-refractivity contribution in [2.24, 2.45) is 0 Å². The lowest BCUT2D eigenvalue weighted by Gasteiger charge is -2.49. The molecule has 0 radical (unpaired) electrons. The van der Waals surface area contributed by atoms with Crippen LogP contribution in [0.4, 0.5) is 0 Å². The first kappa shape index (κ1) is 24.5. The summed E-state index contributed by atoms with van der Waals surface area (Å²) in [5, 5.41) is 2.33. The Morgan fingerprint density at radius 3 is 2.30 bits per heavy atom. The fraction of sp³-hybridized carbons (Fsp3) is 0.172. The van der Waals surface area contributed by atoms with Gasteiger partial charge in [0.25, 0.3) is 5.91 Å². The maximum absolute atomic E-state index is 13.8. The zero-order valence-electron chi connectivity index (χ0n) is 20.1. The molecule has 0 spiro atoms. The first-order valence-corrected chi connectivity index (χ1v) is 12.9. The van der Waals surface area contributed by atoms with Gasteiger partial charge in [-0.3, -0.25) is 19.5 Å². The van der Waals surface area contributed by atoms with Crippen molar-refractivity contribution >= 4 is 35.6 Å². The van der Waals surface area contributed by atoms with Crippen LogP contribution >= 0.6 is 11.8 Å². The second-order valence-electron chi connectivity index (χ2n) is 8.69. The van der Waals surface area contributed by atoms with Crippen LogP contribution in [0, 0.1) is 0 Å². The summed E-state index contributed by atoms with van der Waals surface area (Å²) < 4.78 is 6.13. The summed E-state index contributed by atoms with van der Waals surface area (Å²) in [7, 11) is 0. The zero-order chi connectivity index (χ0) is 25.8. The van der Waals surface area contributed by atoms with Gasteiger partial charge in [0.2, 0.25) is 5.91 Å². The third kappa shape index (κ3) is 5.20. The number of thioether (sulfide) groups is 1. The Hall–Kier alpha value is -4.17. The van der Waals surface area contributed by atoms with E-state index in [0.29, 0.717) is 11.3 Å². The number of allylic oxidation sites excluding steroid dienone is 1. The quantitative estimate of drug-likeness (QED) is 0.380. The van der Waals surface area contributed by atoms with Crippen molar-refractivity contribution in [1.82, 2.24) is 15.2 Å². The monoisotopic (exact) mass is 511 g/mol. The van der Waals surface area contributed by atoms with Gasteiger partial charge in [-0.05, 0) is 28.3 Å². The molecule has 186 valence electrons. The van der Waals surface area contributed by atoms with Crippen LogP contribution in [0.15, 0.2) is 103 Å². The maximum atomic E-state index is 13.8. The Bertz CT molecular complexity index is 1320. The molecule has 0 saturated carbocycles. The highest BCUT2D eigenvalue weighted by atomic mass is 32.2. The molecule has 1 aromatic heterocycles. The lowest BCUT2D eigenvalue weighted by atomic mass is 10.0. The molecule has 2 atom stereocenters. The predicted octanol–water partition coefficient (Wildman–Crippen LogP) is 4.10. The fourth-order valence-electron chi connectivity index (χ4n) is 4.40. The summed E-state index contributed by atoms with van der Waals surface area (Å²) in [6, 6.07) is 22.1. The average Bonchev–Trinajstić information content (AvgIpc) is 2.94. The molecule has 1 unspecified atom stereocenters. The summed E-state index contributed by atoms with van der Waals surface area (Å²) in [6.07, 6.45) is 6.44. The number of ether oxygens (including phenoxy) is 1. The smallest absolute Gasteiger partial charge is 0.356 e. The van der Waals surface area contributed by atoms with Gasteiger partial charge >= 0.3 is 5.97 Å². The highest BCUT2D eigenvalue weighted by Gasteiger charge is 2.54. The largest absolute Gasteiger partial charge is 0.448 e. The Morgan fingerprint density at radius 1 is 1.03 bits per heavy atom. The number of hydrogen-bond acceptors (Lipinski definition) is 6. The standard InChI is InChI=1S/C29H25N3O4S/c1-19(33)31-24-27(34)32-25(23(18-37-28(24)32)15-14-20-9-8-16-30-17-20)29(35)36-26(21-10-4-2-5-11-21)22-12-6-3-7-13-22/h2-17,24,26,28H,18H2,1H3,(H,31,33)/t24?,28-/m1/s1. The highest BCUT2D eigenvalue weighted by Crippen LogP contribution is 2.42. The number of fused-ring (bicyclic) bond motifs is 1.